The lowest BCUT2D eigenvalue weighted by atomic mass is 10.0. The van der Waals surface area contributed by atoms with Gasteiger partial charge in [-0.25, -0.2) is 14.5 Å². The first-order valence-electron chi connectivity index (χ1n) is 9.60. The summed E-state index contributed by atoms with van der Waals surface area (Å²) in [4.78, 5) is 16.8. The van der Waals surface area contributed by atoms with Crippen molar-refractivity contribution in [1.82, 2.24) is 25.1 Å². The van der Waals surface area contributed by atoms with Gasteiger partial charge in [0.2, 0.25) is 0 Å². The van der Waals surface area contributed by atoms with Crippen molar-refractivity contribution < 1.29 is 0 Å². The summed E-state index contributed by atoms with van der Waals surface area (Å²) in [6.07, 6.45) is 3.72. The summed E-state index contributed by atoms with van der Waals surface area (Å²) in [6, 6.07) is 18.3. The molecule has 1 saturated heterocycles. The molecule has 0 spiro atoms. The third-order valence-electron chi connectivity index (χ3n) is 5.44. The number of fused-ring (bicyclic) bond motifs is 1. The van der Waals surface area contributed by atoms with Crippen LogP contribution in [0.3, 0.4) is 0 Å². The van der Waals surface area contributed by atoms with Gasteiger partial charge in [-0.3, -0.25) is 4.98 Å². The topological polar surface area (TPSA) is 75.6 Å². The number of aromatic amines is 1. The monoisotopic (exact) mass is 371 g/mol. The first-order chi connectivity index (χ1) is 13.8. The average Bonchev–Trinajstić information content (AvgIpc) is 3.38. The Bertz CT molecular complexity index is 1170. The van der Waals surface area contributed by atoms with Crippen LogP contribution in [0.25, 0.3) is 27.7 Å². The van der Waals surface area contributed by atoms with Gasteiger partial charge in [0.05, 0.1) is 11.2 Å². The second-order valence-electron chi connectivity index (χ2n) is 7.30. The minimum atomic E-state index is -0.191. The molecule has 0 amide bonds. The molecule has 0 aliphatic carbocycles. The van der Waals surface area contributed by atoms with E-state index in [1.54, 1.807) is 4.57 Å². The number of aromatic nitrogens is 4. The third-order valence-corrected chi connectivity index (χ3v) is 5.44. The SMILES string of the molecule is O=c1[nH]nc(C[C@@H]2CCNC2)n1-c1ccc(-c2ccc3cccnc3c2)cc1. The number of H-pyrrole nitrogens is 1. The summed E-state index contributed by atoms with van der Waals surface area (Å²) < 4.78 is 1.68. The zero-order valence-electron chi connectivity index (χ0n) is 15.4. The minimum Gasteiger partial charge on any atom is -0.316 e. The Morgan fingerprint density at radius 1 is 1.07 bits per heavy atom. The molecule has 0 bridgehead atoms. The number of nitrogens with one attached hydrogen (secondary N) is 2. The van der Waals surface area contributed by atoms with Crippen LogP contribution in [0.15, 0.2) is 65.6 Å². The van der Waals surface area contributed by atoms with E-state index in [4.69, 9.17) is 0 Å². The van der Waals surface area contributed by atoms with Crippen molar-refractivity contribution in [3.63, 3.8) is 0 Å². The molecule has 3 heterocycles. The third kappa shape index (κ3) is 3.12. The van der Waals surface area contributed by atoms with Crippen LogP contribution in [0.5, 0.6) is 0 Å². The molecule has 2 aromatic carbocycles. The highest BCUT2D eigenvalue weighted by Crippen LogP contribution is 2.25. The van der Waals surface area contributed by atoms with Crippen LogP contribution < -0.4 is 11.0 Å². The van der Waals surface area contributed by atoms with Crippen molar-refractivity contribution in [2.75, 3.05) is 13.1 Å². The first kappa shape index (κ1) is 16.9. The van der Waals surface area contributed by atoms with Gasteiger partial charge in [0.25, 0.3) is 0 Å². The molecule has 1 fully saturated rings. The highest BCUT2D eigenvalue weighted by Gasteiger charge is 2.19. The Balaban J connectivity index is 1.46. The Kier molecular flexibility index (Phi) is 4.25. The number of benzene rings is 2. The van der Waals surface area contributed by atoms with Crippen molar-refractivity contribution in [3.8, 4) is 16.8 Å². The number of hydrogen-bond donors (Lipinski definition) is 2. The molecule has 4 aromatic rings. The molecule has 28 heavy (non-hydrogen) atoms. The van der Waals surface area contributed by atoms with Crippen LogP contribution >= 0.6 is 0 Å². The molecule has 6 heteroatoms. The van der Waals surface area contributed by atoms with Crippen molar-refractivity contribution >= 4 is 10.9 Å². The van der Waals surface area contributed by atoms with Gasteiger partial charge in [0, 0.05) is 18.0 Å². The van der Waals surface area contributed by atoms with Gasteiger partial charge in [-0.1, -0.05) is 30.3 Å². The summed E-state index contributed by atoms with van der Waals surface area (Å²) in [6.45, 7) is 2.02. The van der Waals surface area contributed by atoms with E-state index in [0.717, 1.165) is 59.5 Å². The Labute approximate surface area is 162 Å². The van der Waals surface area contributed by atoms with Crippen molar-refractivity contribution in [1.29, 1.82) is 0 Å². The van der Waals surface area contributed by atoms with E-state index in [-0.39, 0.29) is 5.69 Å². The van der Waals surface area contributed by atoms with Crippen LogP contribution in [0.1, 0.15) is 12.2 Å². The largest absolute Gasteiger partial charge is 0.347 e. The van der Waals surface area contributed by atoms with Gasteiger partial charge in [-0.2, -0.15) is 5.10 Å². The highest BCUT2D eigenvalue weighted by atomic mass is 16.1. The number of hydrogen-bond acceptors (Lipinski definition) is 4. The van der Waals surface area contributed by atoms with E-state index >= 15 is 0 Å². The van der Waals surface area contributed by atoms with Crippen LogP contribution in [0.4, 0.5) is 0 Å². The van der Waals surface area contributed by atoms with E-state index in [1.165, 1.54) is 0 Å². The summed E-state index contributed by atoms with van der Waals surface area (Å²) in [5.74, 6) is 1.32. The van der Waals surface area contributed by atoms with Crippen LogP contribution in [0, 0.1) is 5.92 Å². The maximum Gasteiger partial charge on any atom is 0.347 e. The predicted octanol–water partition coefficient (Wildman–Crippen LogP) is 2.93. The van der Waals surface area contributed by atoms with Crippen LogP contribution in [-0.2, 0) is 6.42 Å². The lowest BCUT2D eigenvalue weighted by Crippen LogP contribution is -2.19. The Hall–Kier alpha value is -3.25. The molecule has 5 rings (SSSR count). The van der Waals surface area contributed by atoms with Crippen molar-refractivity contribution in [2.45, 2.75) is 12.8 Å². The second-order valence-corrected chi connectivity index (χ2v) is 7.30. The summed E-state index contributed by atoms with van der Waals surface area (Å²) in [5.41, 5.74) is 3.82. The molecule has 0 radical (unpaired) electrons. The number of rotatable bonds is 4. The highest BCUT2D eigenvalue weighted by molar-refractivity contribution is 5.84. The molecule has 1 aliphatic rings. The van der Waals surface area contributed by atoms with Gasteiger partial charge < -0.3 is 5.32 Å². The zero-order chi connectivity index (χ0) is 18.9. The van der Waals surface area contributed by atoms with Crippen molar-refractivity contribution in [2.24, 2.45) is 5.92 Å². The summed E-state index contributed by atoms with van der Waals surface area (Å²) >= 11 is 0. The fraction of sp³-hybridized carbons (Fsp3) is 0.227. The fourth-order valence-electron chi connectivity index (χ4n) is 3.93. The number of pyridine rings is 1. The Morgan fingerprint density at radius 2 is 1.93 bits per heavy atom. The minimum absolute atomic E-state index is 0.191. The van der Waals surface area contributed by atoms with E-state index < -0.39 is 0 Å². The van der Waals surface area contributed by atoms with Gasteiger partial charge in [0.15, 0.2) is 0 Å². The predicted molar refractivity (Wildman–Crippen MR) is 110 cm³/mol. The van der Waals surface area contributed by atoms with E-state index in [1.807, 2.05) is 36.5 Å². The molecule has 140 valence electrons. The van der Waals surface area contributed by atoms with Gasteiger partial charge in [-0.15, -0.1) is 0 Å². The standard InChI is InChI=1S/C22H21N5O/c28-22-26-25-21(12-15-9-11-23-14-15)27(22)19-7-5-16(6-8-19)18-4-3-17-2-1-10-24-20(17)13-18/h1-8,10,13,15,23H,9,11-12,14H2,(H,26,28)/t15-/m0/s1. The van der Waals surface area contributed by atoms with Gasteiger partial charge in [-0.05, 0) is 60.8 Å². The fourth-order valence-corrected chi connectivity index (χ4v) is 3.93. The molecular formula is C22H21N5O. The maximum atomic E-state index is 12.3. The molecular weight excluding hydrogens is 350 g/mol. The molecule has 6 nitrogen and oxygen atoms in total. The lowest BCUT2D eigenvalue weighted by Gasteiger charge is -2.10. The molecule has 0 unspecified atom stereocenters. The van der Waals surface area contributed by atoms with Crippen LogP contribution in [-0.4, -0.2) is 32.8 Å². The second kappa shape index (κ2) is 7.05. The zero-order valence-corrected chi connectivity index (χ0v) is 15.4. The molecule has 2 aromatic heterocycles. The molecule has 1 aliphatic heterocycles. The average molecular weight is 371 g/mol. The van der Waals surface area contributed by atoms with Crippen molar-refractivity contribution in [3.05, 3.63) is 77.1 Å². The molecule has 2 N–H and O–H groups in total. The first-order valence-corrected chi connectivity index (χ1v) is 9.60. The summed E-state index contributed by atoms with van der Waals surface area (Å²) in [7, 11) is 0. The quantitative estimate of drug-likeness (QED) is 0.578. The Morgan fingerprint density at radius 3 is 2.75 bits per heavy atom. The van der Waals surface area contributed by atoms with E-state index in [2.05, 4.69) is 44.8 Å². The van der Waals surface area contributed by atoms with Gasteiger partial charge in [0.1, 0.15) is 5.82 Å². The lowest BCUT2D eigenvalue weighted by molar-refractivity contribution is 0.555. The van der Waals surface area contributed by atoms with E-state index in [0.29, 0.717) is 5.92 Å². The normalized spacial score (nSPS) is 16.6. The van der Waals surface area contributed by atoms with Crippen LogP contribution in [0.2, 0.25) is 0 Å². The van der Waals surface area contributed by atoms with E-state index in [9.17, 15) is 4.79 Å². The molecule has 0 saturated carbocycles. The smallest absolute Gasteiger partial charge is 0.316 e. The van der Waals surface area contributed by atoms with Gasteiger partial charge >= 0.3 is 5.69 Å². The molecule has 1 atom stereocenters. The maximum absolute atomic E-state index is 12.3. The number of nitrogens with zero attached hydrogens (tertiary/aromatic N) is 3. The summed E-state index contributed by atoms with van der Waals surface area (Å²) in [5, 5.41) is 11.4.